The fourth-order valence-electron chi connectivity index (χ4n) is 4.02. The van der Waals surface area contributed by atoms with Crippen LogP contribution in [0.1, 0.15) is 47.2 Å². The molecule has 0 fully saturated rings. The SMILES string of the molecule is CC.COc1ccc(NC(=O)c2cnn3c2C(=O)N(c2ccc(OCCOC(F)(F)F)cc2)[C@@H](C)C3)cc1C#N. The van der Waals surface area contributed by atoms with Gasteiger partial charge in [-0.2, -0.15) is 10.4 Å². The first-order valence-corrected chi connectivity index (χ1v) is 12.3. The Morgan fingerprint density at radius 2 is 1.88 bits per heavy atom. The van der Waals surface area contributed by atoms with Crippen molar-refractivity contribution in [3.8, 4) is 17.6 Å². The molecule has 3 aromatic rings. The van der Waals surface area contributed by atoms with Gasteiger partial charge in [-0.1, -0.05) is 13.8 Å². The average molecular weight is 560 g/mol. The zero-order chi connectivity index (χ0) is 29.4. The van der Waals surface area contributed by atoms with Gasteiger partial charge < -0.3 is 19.7 Å². The molecule has 2 aromatic carbocycles. The van der Waals surface area contributed by atoms with Gasteiger partial charge in [-0.3, -0.25) is 19.0 Å². The lowest BCUT2D eigenvalue weighted by Gasteiger charge is -2.34. The summed E-state index contributed by atoms with van der Waals surface area (Å²) >= 11 is 0. The molecule has 212 valence electrons. The van der Waals surface area contributed by atoms with E-state index in [-0.39, 0.29) is 29.5 Å². The third-order valence-electron chi connectivity index (χ3n) is 5.69. The summed E-state index contributed by atoms with van der Waals surface area (Å²) in [5.74, 6) is -0.365. The molecule has 1 N–H and O–H groups in total. The Hall–Kier alpha value is -4.57. The number of hydrogen-bond donors (Lipinski definition) is 1. The molecule has 40 heavy (non-hydrogen) atoms. The van der Waals surface area contributed by atoms with Crippen LogP contribution in [0.4, 0.5) is 24.5 Å². The quantitative estimate of drug-likeness (QED) is 0.386. The second-order valence-electron chi connectivity index (χ2n) is 8.23. The highest BCUT2D eigenvalue weighted by molar-refractivity contribution is 6.15. The van der Waals surface area contributed by atoms with Crippen molar-refractivity contribution in [3.05, 3.63) is 65.5 Å². The minimum atomic E-state index is -4.73. The van der Waals surface area contributed by atoms with Gasteiger partial charge >= 0.3 is 6.36 Å². The smallest absolute Gasteiger partial charge is 0.495 e. The summed E-state index contributed by atoms with van der Waals surface area (Å²) < 4.78 is 51.7. The van der Waals surface area contributed by atoms with E-state index in [1.165, 1.54) is 41.1 Å². The number of nitrogens with zero attached hydrogens (tertiary/aromatic N) is 4. The second-order valence-corrected chi connectivity index (χ2v) is 8.23. The molecule has 13 heteroatoms. The van der Waals surface area contributed by atoms with Gasteiger partial charge in [0.25, 0.3) is 11.8 Å². The Morgan fingerprint density at radius 1 is 1.18 bits per heavy atom. The summed E-state index contributed by atoms with van der Waals surface area (Å²) in [5.41, 5.74) is 1.25. The van der Waals surface area contributed by atoms with Gasteiger partial charge in [-0.15, -0.1) is 13.2 Å². The molecule has 0 bridgehead atoms. The number of nitrogens with one attached hydrogen (secondary N) is 1. The third-order valence-corrected chi connectivity index (χ3v) is 5.69. The molecular formula is C27H28F3N5O5. The highest BCUT2D eigenvalue weighted by Gasteiger charge is 2.36. The maximum Gasteiger partial charge on any atom is 0.522 e. The highest BCUT2D eigenvalue weighted by atomic mass is 19.4. The lowest BCUT2D eigenvalue weighted by molar-refractivity contribution is -0.325. The number of carbonyl (C=O) groups excluding carboxylic acids is 2. The van der Waals surface area contributed by atoms with Crippen LogP contribution in [0.2, 0.25) is 0 Å². The average Bonchev–Trinajstić information content (AvgIpc) is 3.36. The van der Waals surface area contributed by atoms with E-state index in [9.17, 15) is 28.0 Å². The first-order valence-electron chi connectivity index (χ1n) is 12.3. The van der Waals surface area contributed by atoms with E-state index >= 15 is 0 Å². The number of alkyl halides is 3. The molecule has 0 radical (unpaired) electrons. The van der Waals surface area contributed by atoms with Crippen LogP contribution in [0.15, 0.2) is 48.7 Å². The number of carbonyl (C=O) groups is 2. The number of aromatic nitrogens is 2. The van der Waals surface area contributed by atoms with Crippen LogP contribution in [0.5, 0.6) is 11.5 Å². The first kappa shape index (κ1) is 30.0. The normalized spacial score (nSPS) is 14.4. The number of hydrogen-bond acceptors (Lipinski definition) is 7. The van der Waals surface area contributed by atoms with E-state index < -0.39 is 24.8 Å². The molecular weight excluding hydrogens is 531 g/mol. The number of halogens is 3. The number of ether oxygens (including phenoxy) is 3. The van der Waals surface area contributed by atoms with Gasteiger partial charge in [-0.05, 0) is 49.4 Å². The zero-order valence-corrected chi connectivity index (χ0v) is 22.3. The zero-order valence-electron chi connectivity index (χ0n) is 22.3. The van der Waals surface area contributed by atoms with Crippen LogP contribution in [-0.2, 0) is 11.3 Å². The molecule has 4 rings (SSSR count). The van der Waals surface area contributed by atoms with Gasteiger partial charge in [0, 0.05) is 11.4 Å². The molecule has 0 spiro atoms. The van der Waals surface area contributed by atoms with Crippen LogP contribution < -0.4 is 19.7 Å². The largest absolute Gasteiger partial charge is 0.522 e. The standard InChI is InChI=1S/C25H22F3N5O5.C2H6/c1-15-14-32-22(20(13-30-32)23(34)31-17-3-8-21(36-2)16(11-17)12-29)24(35)33(15)18-4-6-19(7-5-18)37-9-10-38-25(26,27)28;1-2/h3-8,11,13,15H,9-10,14H2,1-2H3,(H,31,34);1-2H3/t15-;/m0./s1. The minimum Gasteiger partial charge on any atom is -0.495 e. The summed E-state index contributed by atoms with van der Waals surface area (Å²) in [7, 11) is 1.43. The molecule has 1 atom stereocenters. The van der Waals surface area contributed by atoms with E-state index in [4.69, 9.17) is 9.47 Å². The molecule has 2 heterocycles. The Kier molecular flexibility index (Phi) is 9.73. The van der Waals surface area contributed by atoms with Crippen LogP contribution in [0, 0.1) is 11.3 Å². The molecule has 2 amide bonds. The lowest BCUT2D eigenvalue weighted by atomic mass is 10.1. The van der Waals surface area contributed by atoms with Crippen molar-refractivity contribution >= 4 is 23.2 Å². The summed E-state index contributed by atoms with van der Waals surface area (Å²) in [4.78, 5) is 28.1. The van der Waals surface area contributed by atoms with E-state index in [0.29, 0.717) is 29.4 Å². The number of benzene rings is 2. The number of fused-ring (bicyclic) bond motifs is 1. The Bertz CT molecular complexity index is 1380. The predicted octanol–water partition coefficient (Wildman–Crippen LogP) is 5.01. The number of anilines is 2. The molecule has 0 unspecified atom stereocenters. The fourth-order valence-corrected chi connectivity index (χ4v) is 4.02. The Balaban J connectivity index is 0.00000216. The maximum atomic E-state index is 13.5. The van der Waals surface area contributed by atoms with Gasteiger partial charge in [0.1, 0.15) is 29.9 Å². The highest BCUT2D eigenvalue weighted by Crippen LogP contribution is 2.29. The summed E-state index contributed by atoms with van der Waals surface area (Å²) in [5, 5.41) is 16.2. The molecule has 0 saturated heterocycles. The lowest BCUT2D eigenvalue weighted by Crippen LogP contribution is -2.47. The van der Waals surface area contributed by atoms with Gasteiger partial charge in [0.2, 0.25) is 0 Å². The van der Waals surface area contributed by atoms with Gasteiger partial charge in [0.05, 0.1) is 43.6 Å². The molecule has 0 saturated carbocycles. The Labute approximate surface area is 228 Å². The summed E-state index contributed by atoms with van der Waals surface area (Å²) in [6.07, 6.45) is -3.41. The molecule has 1 aliphatic rings. The molecule has 0 aliphatic carbocycles. The van der Waals surface area contributed by atoms with Crippen molar-refractivity contribution < 1.29 is 37.0 Å². The number of nitriles is 1. The number of amides is 2. The predicted molar refractivity (Wildman–Crippen MR) is 139 cm³/mol. The molecule has 10 nitrogen and oxygen atoms in total. The third kappa shape index (κ3) is 6.89. The minimum absolute atomic E-state index is 0.0610. The summed E-state index contributed by atoms with van der Waals surface area (Å²) in [6.45, 7) is 5.18. The number of rotatable bonds is 8. The second kappa shape index (κ2) is 13.0. The molecule has 1 aliphatic heterocycles. The molecule has 1 aromatic heterocycles. The fraction of sp³-hybridized carbons (Fsp3) is 0.333. The van der Waals surface area contributed by atoms with Crippen molar-refractivity contribution in [2.75, 3.05) is 30.5 Å². The Morgan fingerprint density at radius 3 is 2.50 bits per heavy atom. The van der Waals surface area contributed by atoms with E-state index in [2.05, 4.69) is 15.2 Å². The van der Waals surface area contributed by atoms with E-state index in [0.717, 1.165) is 0 Å². The van der Waals surface area contributed by atoms with Crippen molar-refractivity contribution in [2.45, 2.75) is 39.7 Å². The van der Waals surface area contributed by atoms with Crippen LogP contribution in [-0.4, -0.2) is 54.3 Å². The number of methoxy groups -OCH3 is 1. The first-order chi connectivity index (χ1) is 19.1. The maximum absolute atomic E-state index is 13.5. The summed E-state index contributed by atoms with van der Waals surface area (Å²) in [6, 6.07) is 12.5. The van der Waals surface area contributed by atoms with E-state index in [1.54, 1.807) is 24.3 Å². The van der Waals surface area contributed by atoms with Crippen molar-refractivity contribution in [1.29, 1.82) is 5.26 Å². The van der Waals surface area contributed by atoms with Gasteiger partial charge in [-0.25, -0.2) is 0 Å². The van der Waals surface area contributed by atoms with Crippen molar-refractivity contribution in [3.63, 3.8) is 0 Å². The van der Waals surface area contributed by atoms with Crippen molar-refractivity contribution in [1.82, 2.24) is 9.78 Å². The monoisotopic (exact) mass is 559 g/mol. The van der Waals surface area contributed by atoms with Crippen LogP contribution in [0.3, 0.4) is 0 Å². The van der Waals surface area contributed by atoms with Gasteiger partial charge in [0.15, 0.2) is 0 Å². The van der Waals surface area contributed by atoms with Crippen molar-refractivity contribution in [2.24, 2.45) is 0 Å². The van der Waals surface area contributed by atoms with E-state index in [1.807, 2.05) is 26.8 Å². The van der Waals surface area contributed by atoms with Crippen LogP contribution >= 0.6 is 0 Å². The van der Waals surface area contributed by atoms with Crippen LogP contribution in [0.25, 0.3) is 0 Å². The topological polar surface area (TPSA) is 119 Å².